The summed E-state index contributed by atoms with van der Waals surface area (Å²) in [5.74, 6) is 1.03. The predicted octanol–water partition coefficient (Wildman–Crippen LogP) is 0.778. The van der Waals surface area contributed by atoms with Gasteiger partial charge in [0.05, 0.1) is 5.41 Å². The summed E-state index contributed by atoms with van der Waals surface area (Å²) in [7, 11) is 0. The number of pyridine rings is 1. The highest BCUT2D eigenvalue weighted by atomic mass is 16.2. The van der Waals surface area contributed by atoms with Gasteiger partial charge in [-0.1, -0.05) is 13.0 Å². The van der Waals surface area contributed by atoms with Gasteiger partial charge in [-0.3, -0.25) is 9.20 Å². The van der Waals surface area contributed by atoms with Crippen LogP contribution in [0.5, 0.6) is 0 Å². The SMILES string of the molecule is CCC1(C(=O)NCCc2nnc3ccccn23)CCNC1. The normalized spacial score (nSPS) is 21.8. The Labute approximate surface area is 123 Å². The fraction of sp³-hybridized carbons (Fsp3) is 0.533. The van der Waals surface area contributed by atoms with Gasteiger partial charge in [-0.15, -0.1) is 10.2 Å². The molecule has 1 fully saturated rings. The third-order valence-electron chi connectivity index (χ3n) is 4.42. The van der Waals surface area contributed by atoms with Crippen molar-refractivity contribution in [3.05, 3.63) is 30.2 Å². The topological polar surface area (TPSA) is 71.3 Å². The molecule has 2 aromatic rings. The Bertz CT molecular complexity index is 630. The van der Waals surface area contributed by atoms with Crippen molar-refractivity contribution < 1.29 is 4.79 Å². The summed E-state index contributed by atoms with van der Waals surface area (Å²) in [5.41, 5.74) is 0.608. The first kappa shape index (κ1) is 14.0. The summed E-state index contributed by atoms with van der Waals surface area (Å²) in [6.45, 7) is 4.38. The largest absolute Gasteiger partial charge is 0.355 e. The fourth-order valence-corrected chi connectivity index (χ4v) is 2.94. The number of amides is 1. The van der Waals surface area contributed by atoms with E-state index in [4.69, 9.17) is 0 Å². The molecular formula is C15H21N5O. The molecule has 112 valence electrons. The molecule has 0 spiro atoms. The van der Waals surface area contributed by atoms with Crippen LogP contribution < -0.4 is 10.6 Å². The molecule has 0 bridgehead atoms. The van der Waals surface area contributed by atoms with Gasteiger partial charge in [0.2, 0.25) is 5.91 Å². The van der Waals surface area contributed by atoms with Gasteiger partial charge in [-0.05, 0) is 31.5 Å². The number of hydrogen-bond acceptors (Lipinski definition) is 4. The average Bonchev–Trinajstić information content (AvgIpc) is 3.15. The second-order valence-corrected chi connectivity index (χ2v) is 5.61. The zero-order chi connectivity index (χ0) is 14.7. The molecule has 2 aromatic heterocycles. The zero-order valence-corrected chi connectivity index (χ0v) is 12.3. The van der Waals surface area contributed by atoms with Gasteiger partial charge >= 0.3 is 0 Å². The van der Waals surface area contributed by atoms with Crippen LogP contribution in [0.2, 0.25) is 0 Å². The Morgan fingerprint density at radius 2 is 2.38 bits per heavy atom. The van der Waals surface area contributed by atoms with Crippen molar-refractivity contribution in [1.29, 1.82) is 0 Å². The van der Waals surface area contributed by atoms with E-state index in [2.05, 4.69) is 27.8 Å². The van der Waals surface area contributed by atoms with Gasteiger partial charge in [-0.2, -0.15) is 0 Å². The van der Waals surface area contributed by atoms with Gasteiger partial charge in [-0.25, -0.2) is 0 Å². The minimum atomic E-state index is -0.229. The first-order valence-corrected chi connectivity index (χ1v) is 7.53. The van der Waals surface area contributed by atoms with Crippen molar-refractivity contribution in [2.24, 2.45) is 5.41 Å². The van der Waals surface area contributed by atoms with Crippen LogP contribution in [0.25, 0.3) is 5.65 Å². The van der Waals surface area contributed by atoms with Gasteiger partial charge in [0.25, 0.3) is 0 Å². The molecule has 21 heavy (non-hydrogen) atoms. The molecule has 0 aromatic carbocycles. The third-order valence-corrected chi connectivity index (χ3v) is 4.42. The first-order chi connectivity index (χ1) is 10.2. The Morgan fingerprint density at radius 3 is 3.14 bits per heavy atom. The first-order valence-electron chi connectivity index (χ1n) is 7.53. The van der Waals surface area contributed by atoms with Crippen LogP contribution in [-0.4, -0.2) is 40.1 Å². The Hall–Kier alpha value is -1.95. The van der Waals surface area contributed by atoms with Crippen molar-refractivity contribution >= 4 is 11.6 Å². The number of hydrogen-bond donors (Lipinski definition) is 2. The lowest BCUT2D eigenvalue weighted by atomic mass is 9.83. The predicted molar refractivity (Wildman–Crippen MR) is 79.9 cm³/mol. The van der Waals surface area contributed by atoms with Crippen molar-refractivity contribution in [2.75, 3.05) is 19.6 Å². The van der Waals surface area contributed by atoms with Crippen LogP contribution in [0.4, 0.5) is 0 Å². The van der Waals surface area contributed by atoms with Gasteiger partial charge in [0.15, 0.2) is 5.65 Å². The van der Waals surface area contributed by atoms with Crippen LogP contribution in [0, 0.1) is 5.41 Å². The van der Waals surface area contributed by atoms with E-state index in [-0.39, 0.29) is 11.3 Å². The number of nitrogens with one attached hydrogen (secondary N) is 2. The van der Waals surface area contributed by atoms with Crippen molar-refractivity contribution in [1.82, 2.24) is 25.2 Å². The summed E-state index contributed by atoms with van der Waals surface area (Å²) in [4.78, 5) is 12.4. The molecule has 1 unspecified atom stereocenters. The van der Waals surface area contributed by atoms with Crippen LogP contribution >= 0.6 is 0 Å². The molecule has 0 saturated carbocycles. The lowest BCUT2D eigenvalue weighted by Gasteiger charge is -2.25. The number of fused-ring (bicyclic) bond motifs is 1. The second-order valence-electron chi connectivity index (χ2n) is 5.61. The minimum absolute atomic E-state index is 0.156. The van der Waals surface area contributed by atoms with E-state index in [1.807, 2.05) is 28.8 Å². The van der Waals surface area contributed by atoms with Crippen LogP contribution in [0.15, 0.2) is 24.4 Å². The van der Waals surface area contributed by atoms with E-state index in [0.717, 1.165) is 37.4 Å². The van der Waals surface area contributed by atoms with Gasteiger partial charge in [0, 0.05) is 25.7 Å². The maximum atomic E-state index is 12.4. The van der Waals surface area contributed by atoms with E-state index >= 15 is 0 Å². The number of nitrogens with zero attached hydrogens (tertiary/aromatic N) is 3. The standard InChI is InChI=1S/C15H21N5O/c1-2-15(7-9-16-11-15)14(21)17-8-6-13-19-18-12-5-3-4-10-20(12)13/h3-5,10,16H,2,6-9,11H2,1H3,(H,17,21). The van der Waals surface area contributed by atoms with Gasteiger partial charge < -0.3 is 10.6 Å². The molecular weight excluding hydrogens is 266 g/mol. The van der Waals surface area contributed by atoms with Crippen molar-refractivity contribution in [2.45, 2.75) is 26.2 Å². The highest BCUT2D eigenvalue weighted by Crippen LogP contribution is 2.29. The molecule has 2 N–H and O–H groups in total. The second kappa shape index (κ2) is 5.81. The molecule has 0 aliphatic carbocycles. The van der Waals surface area contributed by atoms with E-state index < -0.39 is 0 Å². The van der Waals surface area contributed by atoms with Crippen LogP contribution in [-0.2, 0) is 11.2 Å². The minimum Gasteiger partial charge on any atom is -0.355 e. The quantitative estimate of drug-likeness (QED) is 0.852. The maximum Gasteiger partial charge on any atom is 0.227 e. The molecule has 1 atom stereocenters. The van der Waals surface area contributed by atoms with E-state index in [9.17, 15) is 4.79 Å². The van der Waals surface area contributed by atoms with Crippen LogP contribution in [0.3, 0.4) is 0 Å². The molecule has 3 heterocycles. The van der Waals surface area contributed by atoms with Crippen molar-refractivity contribution in [3.8, 4) is 0 Å². The lowest BCUT2D eigenvalue weighted by molar-refractivity contribution is -0.130. The van der Waals surface area contributed by atoms with E-state index in [1.54, 1.807) is 0 Å². The maximum absolute atomic E-state index is 12.4. The highest BCUT2D eigenvalue weighted by Gasteiger charge is 2.39. The smallest absolute Gasteiger partial charge is 0.227 e. The molecule has 1 aliphatic heterocycles. The molecule has 1 amide bonds. The molecule has 1 saturated heterocycles. The molecule has 6 nitrogen and oxygen atoms in total. The van der Waals surface area contributed by atoms with Gasteiger partial charge in [0.1, 0.15) is 5.82 Å². The Morgan fingerprint density at radius 1 is 1.48 bits per heavy atom. The average molecular weight is 287 g/mol. The summed E-state index contributed by atoms with van der Waals surface area (Å²) < 4.78 is 1.96. The summed E-state index contributed by atoms with van der Waals surface area (Å²) >= 11 is 0. The summed E-state index contributed by atoms with van der Waals surface area (Å²) in [5, 5.41) is 14.6. The van der Waals surface area contributed by atoms with E-state index in [0.29, 0.717) is 13.0 Å². The lowest BCUT2D eigenvalue weighted by Crippen LogP contribution is -2.42. The number of carbonyl (C=O) groups excluding carboxylic acids is 1. The number of carbonyl (C=O) groups is 1. The molecule has 3 rings (SSSR count). The summed E-state index contributed by atoms with van der Waals surface area (Å²) in [6, 6.07) is 5.81. The Balaban J connectivity index is 1.60. The third kappa shape index (κ3) is 2.63. The number of aromatic nitrogens is 3. The van der Waals surface area contributed by atoms with E-state index in [1.165, 1.54) is 0 Å². The van der Waals surface area contributed by atoms with Crippen molar-refractivity contribution in [3.63, 3.8) is 0 Å². The molecule has 1 aliphatic rings. The highest BCUT2D eigenvalue weighted by molar-refractivity contribution is 5.83. The number of rotatable bonds is 5. The van der Waals surface area contributed by atoms with Crippen LogP contribution in [0.1, 0.15) is 25.6 Å². The Kier molecular flexibility index (Phi) is 3.88. The fourth-order valence-electron chi connectivity index (χ4n) is 2.94. The monoisotopic (exact) mass is 287 g/mol. The molecule has 6 heteroatoms. The molecule has 0 radical (unpaired) electrons. The zero-order valence-electron chi connectivity index (χ0n) is 12.3. The summed E-state index contributed by atoms with van der Waals surface area (Å²) in [6.07, 6.45) is 4.42.